The third-order valence-corrected chi connectivity index (χ3v) is 12.7. The number of fused-ring (bicyclic) bond motifs is 17. The van der Waals surface area contributed by atoms with E-state index in [-0.39, 0.29) is 0 Å². The second-order valence-corrected chi connectivity index (χ2v) is 15.9. The van der Waals surface area contributed by atoms with Crippen LogP contribution >= 0.6 is 0 Å². The number of para-hydroxylation sites is 1. The van der Waals surface area contributed by atoms with E-state index in [2.05, 4.69) is 182 Å². The molecule has 0 bridgehead atoms. The zero-order valence-corrected chi connectivity index (χ0v) is 32.4. The summed E-state index contributed by atoms with van der Waals surface area (Å²) < 4.78 is 0. The van der Waals surface area contributed by atoms with Crippen LogP contribution in [0.1, 0.15) is 0 Å². The van der Waals surface area contributed by atoms with Gasteiger partial charge in [-0.25, -0.2) is 4.98 Å². The SMILES string of the molecule is c1cc(-c2ccc3c4ccc(-c5ccnc6c5ccc5cccnc56)cc4c4ccccc4c3c2)cc(-c2nc3ccccc3c3c4ccccc4c4ccccc4c23)c1. The summed E-state index contributed by atoms with van der Waals surface area (Å²) in [6, 6.07) is 68.4. The molecule has 60 heavy (non-hydrogen) atoms. The number of benzene rings is 10. The Morgan fingerprint density at radius 1 is 0.283 bits per heavy atom. The van der Waals surface area contributed by atoms with Crippen LogP contribution in [0.25, 0.3) is 131 Å². The summed E-state index contributed by atoms with van der Waals surface area (Å²) in [6.45, 7) is 0. The van der Waals surface area contributed by atoms with Crippen molar-refractivity contribution in [1.82, 2.24) is 15.0 Å². The van der Waals surface area contributed by atoms with Crippen LogP contribution in [0.15, 0.2) is 200 Å². The quantitative estimate of drug-likeness (QED) is 0.168. The molecule has 3 nitrogen and oxygen atoms in total. The molecule has 3 aromatic heterocycles. The third-order valence-electron chi connectivity index (χ3n) is 12.7. The standard InChI is InChI=1S/C57H33N3/c1-2-17-43-42(16-1)50-32-36(23-25-44(50)45-26-24-37(33-51(43)45)39-28-30-59-57-48(39)27-22-34-13-10-29-58-56(34)57)35-11-9-12-38(31-35)55-54-47-19-6-4-15-41(47)40-14-3-5-18-46(40)53(54)49-20-7-8-21-52(49)60-55/h1-33H. The lowest BCUT2D eigenvalue weighted by Crippen LogP contribution is -1.93. The zero-order valence-electron chi connectivity index (χ0n) is 32.4. The molecule has 10 aromatic carbocycles. The summed E-state index contributed by atoms with van der Waals surface area (Å²) >= 11 is 0. The van der Waals surface area contributed by atoms with Gasteiger partial charge in [-0.15, -0.1) is 0 Å². The highest BCUT2D eigenvalue weighted by Crippen LogP contribution is 2.44. The van der Waals surface area contributed by atoms with E-state index in [9.17, 15) is 0 Å². The summed E-state index contributed by atoms with van der Waals surface area (Å²) in [5.41, 5.74) is 9.63. The van der Waals surface area contributed by atoms with Crippen LogP contribution in [0, 0.1) is 0 Å². The van der Waals surface area contributed by atoms with E-state index in [0.717, 1.165) is 49.7 Å². The van der Waals surface area contributed by atoms with Gasteiger partial charge >= 0.3 is 0 Å². The van der Waals surface area contributed by atoms with Crippen molar-refractivity contribution in [1.29, 1.82) is 0 Å². The molecule has 0 fully saturated rings. The van der Waals surface area contributed by atoms with Crippen molar-refractivity contribution in [3.05, 3.63) is 200 Å². The van der Waals surface area contributed by atoms with Crippen molar-refractivity contribution in [3.8, 4) is 33.5 Å². The summed E-state index contributed by atoms with van der Waals surface area (Å²) in [7, 11) is 0. The lowest BCUT2D eigenvalue weighted by Gasteiger charge is -2.17. The first kappa shape index (κ1) is 33.0. The van der Waals surface area contributed by atoms with E-state index in [4.69, 9.17) is 15.0 Å². The van der Waals surface area contributed by atoms with Crippen molar-refractivity contribution < 1.29 is 0 Å². The van der Waals surface area contributed by atoms with Crippen molar-refractivity contribution in [2.24, 2.45) is 0 Å². The average molecular weight is 760 g/mol. The topological polar surface area (TPSA) is 38.7 Å². The Morgan fingerprint density at radius 3 is 1.58 bits per heavy atom. The second kappa shape index (κ2) is 12.7. The molecule has 13 rings (SSSR count). The molecule has 0 saturated heterocycles. The number of hydrogen-bond donors (Lipinski definition) is 0. The van der Waals surface area contributed by atoms with Gasteiger partial charge in [-0.3, -0.25) is 9.97 Å². The minimum absolute atomic E-state index is 0.928. The molecule has 3 heterocycles. The Hall–Kier alpha value is -8.01. The molecule has 3 heteroatoms. The predicted octanol–water partition coefficient (Wildman–Crippen LogP) is 15.3. The molecule has 0 aliphatic rings. The number of hydrogen-bond acceptors (Lipinski definition) is 3. The van der Waals surface area contributed by atoms with Crippen LogP contribution in [0.2, 0.25) is 0 Å². The number of rotatable bonds is 3. The van der Waals surface area contributed by atoms with Crippen molar-refractivity contribution in [2.75, 3.05) is 0 Å². The smallest absolute Gasteiger partial charge is 0.0970 e. The van der Waals surface area contributed by atoms with Gasteiger partial charge in [-0.2, -0.15) is 0 Å². The maximum atomic E-state index is 5.44. The predicted molar refractivity (Wildman–Crippen MR) is 254 cm³/mol. The Labute approximate surface area is 344 Å². The molecule has 0 aliphatic carbocycles. The summed E-state index contributed by atoms with van der Waals surface area (Å²) in [5, 5.41) is 18.3. The Morgan fingerprint density at radius 2 is 0.833 bits per heavy atom. The molecule has 13 aromatic rings. The monoisotopic (exact) mass is 759 g/mol. The minimum Gasteiger partial charge on any atom is -0.254 e. The van der Waals surface area contributed by atoms with Crippen LogP contribution < -0.4 is 0 Å². The average Bonchev–Trinajstić information content (AvgIpc) is 3.33. The molecular weight excluding hydrogens is 727 g/mol. The highest BCUT2D eigenvalue weighted by atomic mass is 14.7. The molecule has 0 spiro atoms. The Kier molecular flexibility index (Phi) is 7.01. The lowest BCUT2D eigenvalue weighted by atomic mass is 9.88. The minimum atomic E-state index is 0.928. The summed E-state index contributed by atoms with van der Waals surface area (Å²) in [5.74, 6) is 0. The van der Waals surface area contributed by atoms with Gasteiger partial charge in [0.1, 0.15) is 0 Å². The number of aromatic nitrogens is 3. The molecule has 0 aliphatic heterocycles. The first-order valence-electron chi connectivity index (χ1n) is 20.5. The first-order chi connectivity index (χ1) is 29.8. The van der Waals surface area contributed by atoms with Crippen molar-refractivity contribution in [3.63, 3.8) is 0 Å². The van der Waals surface area contributed by atoms with Gasteiger partial charge in [0.15, 0.2) is 0 Å². The highest BCUT2D eigenvalue weighted by Gasteiger charge is 2.19. The highest BCUT2D eigenvalue weighted by molar-refractivity contribution is 6.33. The van der Waals surface area contributed by atoms with Gasteiger partial charge in [-0.05, 0) is 113 Å². The Balaban J connectivity index is 0.999. The van der Waals surface area contributed by atoms with E-state index < -0.39 is 0 Å². The van der Waals surface area contributed by atoms with Gasteiger partial charge in [-0.1, -0.05) is 152 Å². The van der Waals surface area contributed by atoms with Crippen LogP contribution in [0.4, 0.5) is 0 Å². The van der Waals surface area contributed by atoms with E-state index in [1.165, 1.54) is 81.1 Å². The van der Waals surface area contributed by atoms with Gasteiger partial charge in [0.2, 0.25) is 0 Å². The maximum Gasteiger partial charge on any atom is 0.0970 e. The number of pyridine rings is 3. The molecule has 0 radical (unpaired) electrons. The number of nitrogens with zero attached hydrogens (tertiary/aromatic N) is 3. The summed E-state index contributed by atoms with van der Waals surface area (Å²) in [6.07, 6.45) is 3.76. The Bertz CT molecular complexity index is 3940. The molecule has 0 N–H and O–H groups in total. The largest absolute Gasteiger partial charge is 0.254 e. The second-order valence-electron chi connectivity index (χ2n) is 15.9. The van der Waals surface area contributed by atoms with Crippen LogP contribution in [-0.4, -0.2) is 15.0 Å². The van der Waals surface area contributed by atoms with Crippen LogP contribution in [0.3, 0.4) is 0 Å². The molecule has 0 unspecified atom stereocenters. The normalized spacial score (nSPS) is 12.0. The third kappa shape index (κ3) is 4.81. The molecule has 0 amide bonds. The van der Waals surface area contributed by atoms with Gasteiger partial charge in [0, 0.05) is 44.9 Å². The molecule has 0 atom stereocenters. The fraction of sp³-hybridized carbons (Fsp3) is 0. The van der Waals surface area contributed by atoms with E-state index in [0.29, 0.717) is 0 Å². The van der Waals surface area contributed by atoms with E-state index >= 15 is 0 Å². The first-order valence-corrected chi connectivity index (χ1v) is 20.5. The fourth-order valence-corrected chi connectivity index (χ4v) is 9.99. The van der Waals surface area contributed by atoms with Gasteiger partial charge in [0.05, 0.1) is 22.2 Å². The van der Waals surface area contributed by atoms with Crippen molar-refractivity contribution >= 4 is 97.3 Å². The lowest BCUT2D eigenvalue weighted by molar-refractivity contribution is 1.37. The van der Waals surface area contributed by atoms with Gasteiger partial charge < -0.3 is 0 Å². The van der Waals surface area contributed by atoms with E-state index in [1.54, 1.807) is 0 Å². The fourth-order valence-electron chi connectivity index (χ4n) is 9.99. The van der Waals surface area contributed by atoms with Crippen LogP contribution in [-0.2, 0) is 0 Å². The van der Waals surface area contributed by atoms with Crippen molar-refractivity contribution in [2.45, 2.75) is 0 Å². The van der Waals surface area contributed by atoms with E-state index in [1.807, 2.05) is 18.5 Å². The molecule has 0 saturated carbocycles. The summed E-state index contributed by atoms with van der Waals surface area (Å²) in [4.78, 5) is 14.9. The maximum absolute atomic E-state index is 5.44. The van der Waals surface area contributed by atoms with Crippen LogP contribution in [0.5, 0.6) is 0 Å². The molecule has 276 valence electrons. The molecular formula is C57H33N3. The zero-order chi connectivity index (χ0) is 39.3. The van der Waals surface area contributed by atoms with Gasteiger partial charge in [0.25, 0.3) is 0 Å².